The van der Waals surface area contributed by atoms with Gasteiger partial charge < -0.3 is 4.74 Å². The van der Waals surface area contributed by atoms with E-state index in [1.807, 2.05) is 6.07 Å². The van der Waals surface area contributed by atoms with Crippen LogP contribution in [0.25, 0.3) is 10.8 Å². The average molecular weight is 260 g/mol. The molecule has 1 nitrogen and oxygen atoms in total. The van der Waals surface area contributed by atoms with E-state index in [0.29, 0.717) is 0 Å². The first kappa shape index (κ1) is 11.5. The van der Waals surface area contributed by atoms with Crippen LogP contribution in [0, 0.1) is 0 Å². The molecule has 1 heteroatoms. The highest BCUT2D eigenvalue weighted by Gasteiger charge is 2.20. The van der Waals surface area contributed by atoms with E-state index >= 15 is 0 Å². The smallest absolute Gasteiger partial charge is 0.124 e. The van der Waals surface area contributed by atoms with Crippen molar-refractivity contribution in [3.8, 4) is 5.75 Å². The van der Waals surface area contributed by atoms with Crippen LogP contribution in [0.1, 0.15) is 23.7 Å². The van der Waals surface area contributed by atoms with Crippen molar-refractivity contribution in [3.05, 3.63) is 77.9 Å². The summed E-state index contributed by atoms with van der Waals surface area (Å²) >= 11 is 0. The van der Waals surface area contributed by atoms with Crippen LogP contribution in [-0.4, -0.2) is 0 Å². The summed E-state index contributed by atoms with van der Waals surface area (Å²) in [5, 5.41) is 2.57. The third-order valence-electron chi connectivity index (χ3n) is 4.06. The Morgan fingerprint density at radius 1 is 0.800 bits per heavy atom. The van der Waals surface area contributed by atoms with Crippen molar-refractivity contribution in [3.63, 3.8) is 0 Å². The first-order chi connectivity index (χ1) is 9.90. The molecule has 1 aliphatic rings. The molecule has 98 valence electrons. The second-order valence-electron chi connectivity index (χ2n) is 5.36. The van der Waals surface area contributed by atoms with Crippen LogP contribution in [0.5, 0.6) is 5.75 Å². The van der Waals surface area contributed by atoms with E-state index in [9.17, 15) is 0 Å². The molecule has 0 radical (unpaired) electrons. The second kappa shape index (κ2) is 4.68. The van der Waals surface area contributed by atoms with Crippen molar-refractivity contribution in [1.82, 2.24) is 0 Å². The fourth-order valence-electron chi connectivity index (χ4n) is 2.97. The predicted octanol–water partition coefficient (Wildman–Crippen LogP) is 4.91. The highest BCUT2D eigenvalue weighted by Crippen LogP contribution is 2.35. The third kappa shape index (κ3) is 1.96. The fraction of sp³-hybridized carbons (Fsp3) is 0.158. The summed E-state index contributed by atoms with van der Waals surface area (Å²) in [7, 11) is 0. The van der Waals surface area contributed by atoms with Gasteiger partial charge in [0.1, 0.15) is 11.9 Å². The van der Waals surface area contributed by atoms with Gasteiger partial charge in [-0.15, -0.1) is 0 Å². The summed E-state index contributed by atoms with van der Waals surface area (Å²) in [6.45, 7) is 0. The van der Waals surface area contributed by atoms with Crippen molar-refractivity contribution in [1.29, 1.82) is 0 Å². The summed E-state index contributed by atoms with van der Waals surface area (Å²) in [5.41, 5.74) is 2.60. The Balaban J connectivity index is 1.70. The minimum Gasteiger partial charge on any atom is -0.485 e. The molecule has 0 aromatic heterocycles. The Kier molecular flexibility index (Phi) is 2.70. The number of para-hydroxylation sites is 1. The molecule has 1 unspecified atom stereocenters. The van der Waals surface area contributed by atoms with E-state index in [2.05, 4.69) is 60.7 Å². The van der Waals surface area contributed by atoms with Crippen LogP contribution < -0.4 is 4.74 Å². The normalized spacial score (nSPS) is 17.5. The van der Waals surface area contributed by atoms with E-state index in [4.69, 9.17) is 4.74 Å². The van der Waals surface area contributed by atoms with Crippen LogP contribution in [0.2, 0.25) is 0 Å². The fourth-order valence-corrected chi connectivity index (χ4v) is 2.97. The second-order valence-corrected chi connectivity index (χ2v) is 5.36. The van der Waals surface area contributed by atoms with Gasteiger partial charge in [-0.3, -0.25) is 0 Å². The molecule has 3 aromatic carbocycles. The molecular weight excluding hydrogens is 244 g/mol. The Hall–Kier alpha value is -2.28. The lowest BCUT2D eigenvalue weighted by atomic mass is 9.96. The lowest BCUT2D eigenvalue weighted by molar-refractivity contribution is 0.177. The van der Waals surface area contributed by atoms with E-state index < -0.39 is 0 Å². The third-order valence-corrected chi connectivity index (χ3v) is 4.06. The first-order valence-corrected chi connectivity index (χ1v) is 7.13. The topological polar surface area (TPSA) is 9.23 Å². The molecule has 3 aromatic rings. The molecule has 20 heavy (non-hydrogen) atoms. The number of fused-ring (bicyclic) bond motifs is 2. The maximum atomic E-state index is 6.17. The summed E-state index contributed by atoms with van der Waals surface area (Å²) in [6.07, 6.45) is 2.32. The van der Waals surface area contributed by atoms with Crippen LogP contribution >= 0.6 is 0 Å². The van der Waals surface area contributed by atoms with Gasteiger partial charge in [-0.05, 0) is 46.9 Å². The molecule has 0 saturated heterocycles. The average Bonchev–Trinajstić information content (AvgIpc) is 2.54. The van der Waals surface area contributed by atoms with Crippen molar-refractivity contribution in [2.45, 2.75) is 18.9 Å². The molecule has 1 atom stereocenters. The van der Waals surface area contributed by atoms with Crippen molar-refractivity contribution < 1.29 is 4.74 Å². The van der Waals surface area contributed by atoms with E-state index in [0.717, 1.165) is 18.6 Å². The Labute approximate surface area is 118 Å². The highest BCUT2D eigenvalue weighted by atomic mass is 16.5. The van der Waals surface area contributed by atoms with Gasteiger partial charge in [0, 0.05) is 0 Å². The van der Waals surface area contributed by atoms with Gasteiger partial charge in [-0.2, -0.15) is 0 Å². The minimum atomic E-state index is 0.175. The Bertz CT molecular complexity index is 760. The van der Waals surface area contributed by atoms with Gasteiger partial charge in [0.2, 0.25) is 0 Å². The van der Waals surface area contributed by atoms with E-state index in [-0.39, 0.29) is 6.10 Å². The lowest BCUT2D eigenvalue weighted by Crippen LogP contribution is -2.14. The Morgan fingerprint density at radius 3 is 2.55 bits per heavy atom. The van der Waals surface area contributed by atoms with Gasteiger partial charge in [0.25, 0.3) is 0 Å². The summed E-state index contributed by atoms with van der Waals surface area (Å²) in [5.74, 6) is 1.04. The van der Waals surface area contributed by atoms with Crippen LogP contribution in [0.4, 0.5) is 0 Å². The molecule has 4 rings (SSSR count). The minimum absolute atomic E-state index is 0.175. The van der Waals surface area contributed by atoms with Crippen molar-refractivity contribution in [2.75, 3.05) is 0 Å². The Morgan fingerprint density at radius 2 is 1.60 bits per heavy atom. The molecule has 0 fully saturated rings. The largest absolute Gasteiger partial charge is 0.485 e. The standard InChI is InChI=1S/C19H16O/c1-2-7-16-13-17(10-9-14(16)5-1)19-12-11-15-6-3-4-8-18(15)20-19/h1-10,13,19H,11-12H2. The van der Waals surface area contributed by atoms with E-state index in [1.165, 1.54) is 21.9 Å². The monoisotopic (exact) mass is 260 g/mol. The zero-order valence-corrected chi connectivity index (χ0v) is 11.3. The maximum absolute atomic E-state index is 6.17. The van der Waals surface area contributed by atoms with Gasteiger partial charge in [-0.1, -0.05) is 54.6 Å². The molecule has 1 aliphatic heterocycles. The van der Waals surface area contributed by atoms with Gasteiger partial charge >= 0.3 is 0 Å². The van der Waals surface area contributed by atoms with Crippen molar-refractivity contribution >= 4 is 10.8 Å². The predicted molar refractivity (Wildman–Crippen MR) is 82.1 cm³/mol. The zero-order chi connectivity index (χ0) is 13.4. The summed E-state index contributed by atoms with van der Waals surface area (Å²) < 4.78 is 6.17. The lowest BCUT2D eigenvalue weighted by Gasteiger charge is -2.26. The molecule has 0 N–H and O–H groups in total. The highest BCUT2D eigenvalue weighted by molar-refractivity contribution is 5.83. The molecule has 0 aliphatic carbocycles. The van der Waals surface area contributed by atoms with E-state index in [1.54, 1.807) is 0 Å². The van der Waals surface area contributed by atoms with Crippen molar-refractivity contribution in [2.24, 2.45) is 0 Å². The summed E-state index contributed by atoms with van der Waals surface area (Å²) in [4.78, 5) is 0. The zero-order valence-electron chi connectivity index (χ0n) is 11.3. The number of hydrogen-bond donors (Lipinski definition) is 0. The molecule has 1 heterocycles. The van der Waals surface area contributed by atoms with Crippen LogP contribution in [0.3, 0.4) is 0 Å². The number of ether oxygens (including phenoxy) is 1. The molecule has 0 spiro atoms. The van der Waals surface area contributed by atoms with Gasteiger partial charge in [0.05, 0.1) is 0 Å². The molecule has 0 amide bonds. The van der Waals surface area contributed by atoms with Gasteiger partial charge in [0.15, 0.2) is 0 Å². The molecular formula is C19H16O. The molecule has 0 saturated carbocycles. The number of aryl methyl sites for hydroxylation is 1. The first-order valence-electron chi connectivity index (χ1n) is 7.13. The SMILES string of the molecule is c1ccc2c(c1)CCC(c1ccc3ccccc3c1)O2. The maximum Gasteiger partial charge on any atom is 0.124 e. The number of benzene rings is 3. The molecule has 0 bridgehead atoms. The number of hydrogen-bond acceptors (Lipinski definition) is 1. The summed E-state index contributed by atoms with van der Waals surface area (Å²) in [6, 6.07) is 23.5. The number of rotatable bonds is 1. The quantitative estimate of drug-likeness (QED) is 0.604. The van der Waals surface area contributed by atoms with Crippen LogP contribution in [-0.2, 0) is 6.42 Å². The van der Waals surface area contributed by atoms with Crippen LogP contribution in [0.15, 0.2) is 66.7 Å². The van der Waals surface area contributed by atoms with Gasteiger partial charge in [-0.25, -0.2) is 0 Å².